The van der Waals surface area contributed by atoms with Gasteiger partial charge in [0.05, 0.1) is 0 Å². The van der Waals surface area contributed by atoms with Crippen LogP contribution >= 0.6 is 0 Å². The van der Waals surface area contributed by atoms with Gasteiger partial charge in [0.1, 0.15) is 5.66 Å². The predicted octanol–water partition coefficient (Wildman–Crippen LogP) is 3.23. The van der Waals surface area contributed by atoms with Crippen LogP contribution in [-0.4, -0.2) is 23.5 Å². The number of benzene rings is 1. The van der Waals surface area contributed by atoms with E-state index in [-0.39, 0.29) is 17.8 Å². The smallest absolute Gasteiger partial charge is 0.227 e. The molecular weight excluding hydrogens is 352 g/mol. The number of aryl methyl sites for hydroxylation is 1. The lowest BCUT2D eigenvalue weighted by atomic mass is 9.87. The highest BCUT2D eigenvalue weighted by molar-refractivity contribution is 6.06. The summed E-state index contributed by atoms with van der Waals surface area (Å²) in [6.45, 7) is 2.01. The molecule has 0 bridgehead atoms. The molecule has 4 rings (SSSR count). The Morgan fingerprint density at radius 1 is 1.14 bits per heavy atom. The molecule has 150 valence electrons. The zero-order chi connectivity index (χ0) is 19.7. The normalized spacial score (nSPS) is 22.1. The Balaban J connectivity index is 1.66. The third-order valence-corrected chi connectivity index (χ3v) is 6.31. The third-order valence-electron chi connectivity index (χ3n) is 6.31. The van der Waals surface area contributed by atoms with Crippen LogP contribution in [-0.2, 0) is 4.79 Å². The van der Waals surface area contributed by atoms with Crippen molar-refractivity contribution in [3.63, 3.8) is 0 Å². The second-order valence-electron chi connectivity index (χ2n) is 8.29. The predicted molar refractivity (Wildman–Crippen MR) is 113 cm³/mol. The summed E-state index contributed by atoms with van der Waals surface area (Å²) in [6, 6.07) is 6.04. The van der Waals surface area contributed by atoms with E-state index < -0.39 is 5.66 Å². The number of guanidine groups is 2. The molecule has 7 heteroatoms. The molecule has 7 nitrogen and oxygen atoms in total. The Labute approximate surface area is 166 Å². The summed E-state index contributed by atoms with van der Waals surface area (Å²) in [4.78, 5) is 23.6. The largest absolute Gasteiger partial charge is 0.369 e. The van der Waals surface area contributed by atoms with Crippen molar-refractivity contribution in [2.75, 3.05) is 10.2 Å². The van der Waals surface area contributed by atoms with Crippen molar-refractivity contribution in [3.05, 3.63) is 23.8 Å². The highest BCUT2D eigenvalue weighted by Gasteiger charge is 2.42. The monoisotopic (exact) mass is 382 g/mol. The molecule has 0 aromatic heterocycles. The van der Waals surface area contributed by atoms with Crippen LogP contribution in [0.3, 0.4) is 0 Å². The van der Waals surface area contributed by atoms with Gasteiger partial charge in [-0.25, -0.2) is 4.99 Å². The molecule has 1 spiro atoms. The molecule has 1 aliphatic heterocycles. The van der Waals surface area contributed by atoms with Gasteiger partial charge >= 0.3 is 0 Å². The van der Waals surface area contributed by atoms with Crippen LogP contribution in [0, 0.1) is 12.8 Å². The molecule has 1 aromatic rings. The van der Waals surface area contributed by atoms with Crippen molar-refractivity contribution in [3.8, 4) is 0 Å². The number of nitrogens with two attached hydrogens (primary N) is 2. The van der Waals surface area contributed by atoms with Gasteiger partial charge in [0.2, 0.25) is 17.8 Å². The van der Waals surface area contributed by atoms with E-state index in [1.165, 1.54) is 6.42 Å². The fraction of sp³-hybridized carbons (Fsp3) is 0.571. The van der Waals surface area contributed by atoms with E-state index in [2.05, 4.69) is 10.3 Å². The number of aliphatic imine (C=N–C) groups is 2. The fourth-order valence-corrected chi connectivity index (χ4v) is 4.80. The van der Waals surface area contributed by atoms with E-state index in [0.29, 0.717) is 5.96 Å². The Kier molecular flexibility index (Phi) is 5.00. The number of nitrogens with one attached hydrogen (secondary N) is 1. The number of nitrogens with zero attached hydrogens (tertiary/aromatic N) is 3. The second-order valence-corrected chi connectivity index (χ2v) is 8.29. The number of carbonyl (C=O) groups excluding carboxylic acids is 1. The molecule has 1 amide bonds. The Morgan fingerprint density at radius 2 is 1.86 bits per heavy atom. The zero-order valence-corrected chi connectivity index (χ0v) is 16.6. The molecule has 3 aliphatic rings. The number of rotatable bonds is 3. The van der Waals surface area contributed by atoms with Crippen LogP contribution in [0.2, 0.25) is 0 Å². The minimum Gasteiger partial charge on any atom is -0.369 e. The number of amides is 1. The molecule has 2 saturated carbocycles. The number of carbonyl (C=O) groups is 1. The number of hydrogen-bond acceptors (Lipinski definition) is 6. The summed E-state index contributed by atoms with van der Waals surface area (Å²) in [7, 11) is 0. The molecule has 1 aromatic carbocycles. The lowest BCUT2D eigenvalue weighted by Crippen LogP contribution is -2.58. The maximum absolute atomic E-state index is 12.6. The SMILES string of the molecule is Cc1ccc(N2C(N)=NC(N)=NC23CCCCC3)cc1NC(=O)C1CCCC1. The zero-order valence-electron chi connectivity index (χ0n) is 16.6. The second kappa shape index (κ2) is 7.45. The van der Waals surface area contributed by atoms with Gasteiger partial charge in [-0.3, -0.25) is 9.69 Å². The quantitative estimate of drug-likeness (QED) is 0.745. The number of anilines is 2. The summed E-state index contributed by atoms with van der Waals surface area (Å²) in [5, 5.41) is 3.14. The standard InChI is InChI=1S/C21H30N6O/c1-14-9-10-16(13-17(14)24-18(28)15-7-3-4-8-15)27-20(23)25-19(22)26-21(27)11-5-2-6-12-21/h9-10,13,15H,2-8,11-12H2,1H3,(H,24,28)(H4,22,23,25,26). The van der Waals surface area contributed by atoms with Crippen molar-refractivity contribution >= 4 is 29.2 Å². The Hall–Kier alpha value is -2.57. The fourth-order valence-electron chi connectivity index (χ4n) is 4.80. The third kappa shape index (κ3) is 3.45. The first-order valence-corrected chi connectivity index (χ1v) is 10.4. The van der Waals surface area contributed by atoms with E-state index in [0.717, 1.165) is 68.3 Å². The van der Waals surface area contributed by atoms with Crippen molar-refractivity contribution in [1.82, 2.24) is 0 Å². The van der Waals surface area contributed by atoms with Crippen LogP contribution in [0.1, 0.15) is 63.4 Å². The summed E-state index contributed by atoms with van der Waals surface area (Å²) in [5.74, 6) is 0.857. The van der Waals surface area contributed by atoms with Crippen molar-refractivity contribution < 1.29 is 4.79 Å². The van der Waals surface area contributed by atoms with Gasteiger partial charge in [-0.2, -0.15) is 4.99 Å². The molecule has 0 atom stereocenters. The van der Waals surface area contributed by atoms with Crippen LogP contribution in [0.15, 0.2) is 28.2 Å². The van der Waals surface area contributed by atoms with Crippen LogP contribution in [0.5, 0.6) is 0 Å². The van der Waals surface area contributed by atoms with Gasteiger partial charge in [0.25, 0.3) is 0 Å². The molecule has 0 radical (unpaired) electrons. The minimum atomic E-state index is -0.476. The summed E-state index contributed by atoms with van der Waals surface area (Å²) < 4.78 is 0. The van der Waals surface area contributed by atoms with E-state index >= 15 is 0 Å². The highest BCUT2D eigenvalue weighted by Crippen LogP contribution is 2.40. The molecule has 2 fully saturated rings. The van der Waals surface area contributed by atoms with E-state index in [4.69, 9.17) is 16.5 Å². The van der Waals surface area contributed by atoms with Gasteiger partial charge in [0.15, 0.2) is 0 Å². The summed E-state index contributed by atoms with van der Waals surface area (Å²) in [6.07, 6.45) is 9.37. The van der Waals surface area contributed by atoms with Crippen molar-refractivity contribution in [2.24, 2.45) is 27.4 Å². The first-order valence-electron chi connectivity index (χ1n) is 10.4. The topological polar surface area (TPSA) is 109 Å². The maximum Gasteiger partial charge on any atom is 0.227 e. The molecule has 0 saturated heterocycles. The van der Waals surface area contributed by atoms with Crippen molar-refractivity contribution in [1.29, 1.82) is 0 Å². The van der Waals surface area contributed by atoms with Crippen molar-refractivity contribution in [2.45, 2.75) is 70.4 Å². The molecule has 1 heterocycles. The Bertz CT molecular complexity index is 818. The number of hydrogen-bond donors (Lipinski definition) is 3. The first kappa shape index (κ1) is 18.8. The van der Waals surface area contributed by atoms with Crippen LogP contribution in [0.4, 0.5) is 11.4 Å². The average Bonchev–Trinajstić information content (AvgIpc) is 3.19. The lowest BCUT2D eigenvalue weighted by Gasteiger charge is -2.45. The first-order chi connectivity index (χ1) is 13.5. The molecule has 0 unspecified atom stereocenters. The van der Waals surface area contributed by atoms with E-state index in [1.807, 2.05) is 30.0 Å². The summed E-state index contributed by atoms with van der Waals surface area (Å²) in [5.41, 5.74) is 14.6. The van der Waals surface area contributed by atoms with Gasteiger partial charge in [-0.15, -0.1) is 0 Å². The van der Waals surface area contributed by atoms with E-state index in [1.54, 1.807) is 0 Å². The average molecular weight is 383 g/mol. The van der Waals surface area contributed by atoms with Crippen LogP contribution < -0.4 is 21.7 Å². The van der Waals surface area contributed by atoms with Gasteiger partial charge in [-0.1, -0.05) is 25.3 Å². The molecule has 2 aliphatic carbocycles. The van der Waals surface area contributed by atoms with Gasteiger partial charge < -0.3 is 16.8 Å². The Morgan fingerprint density at radius 3 is 2.57 bits per heavy atom. The molecule has 28 heavy (non-hydrogen) atoms. The van der Waals surface area contributed by atoms with E-state index in [9.17, 15) is 4.79 Å². The van der Waals surface area contributed by atoms with Crippen LogP contribution in [0.25, 0.3) is 0 Å². The lowest BCUT2D eigenvalue weighted by molar-refractivity contribution is -0.119. The molecule has 5 N–H and O–H groups in total. The highest BCUT2D eigenvalue weighted by atomic mass is 16.1. The maximum atomic E-state index is 12.6. The molecular formula is C21H30N6O. The minimum absolute atomic E-state index is 0.118. The van der Waals surface area contributed by atoms with Gasteiger partial charge in [-0.05, 0) is 63.1 Å². The summed E-state index contributed by atoms with van der Waals surface area (Å²) >= 11 is 0. The van der Waals surface area contributed by atoms with Gasteiger partial charge in [0, 0.05) is 17.3 Å².